The number of anilines is 1. The second-order valence-corrected chi connectivity index (χ2v) is 7.57. The summed E-state index contributed by atoms with van der Waals surface area (Å²) in [6, 6.07) is 10.7. The number of hydrogen-bond donors (Lipinski definition) is 1. The van der Waals surface area contributed by atoms with Gasteiger partial charge in [-0.15, -0.1) is 0 Å². The van der Waals surface area contributed by atoms with Crippen LogP contribution in [-0.2, 0) is 6.54 Å². The van der Waals surface area contributed by atoms with Gasteiger partial charge in [-0.2, -0.15) is 8.78 Å². The molecular formula is C20H24F2N4OS. The minimum absolute atomic E-state index is 0.0258. The fourth-order valence-corrected chi connectivity index (χ4v) is 3.73. The molecule has 5 nitrogen and oxygen atoms in total. The highest BCUT2D eigenvalue weighted by Crippen LogP contribution is 2.27. The molecule has 0 spiro atoms. The van der Waals surface area contributed by atoms with Gasteiger partial charge in [0, 0.05) is 44.6 Å². The van der Waals surface area contributed by atoms with E-state index in [0.29, 0.717) is 5.69 Å². The van der Waals surface area contributed by atoms with Crippen molar-refractivity contribution in [2.24, 2.45) is 0 Å². The van der Waals surface area contributed by atoms with E-state index in [1.54, 1.807) is 6.07 Å². The molecule has 2 aromatic rings. The molecule has 3 rings (SSSR count). The van der Waals surface area contributed by atoms with Gasteiger partial charge in [0.1, 0.15) is 5.03 Å². The lowest BCUT2D eigenvalue weighted by molar-refractivity contribution is 0.102. The first-order chi connectivity index (χ1) is 13.5. The number of benzene rings is 1. The second-order valence-electron chi connectivity index (χ2n) is 6.60. The molecule has 1 aliphatic rings. The molecule has 1 aromatic heterocycles. The van der Waals surface area contributed by atoms with Crippen molar-refractivity contribution in [3.63, 3.8) is 0 Å². The highest BCUT2D eigenvalue weighted by molar-refractivity contribution is 7.99. The summed E-state index contributed by atoms with van der Waals surface area (Å²) in [5, 5.41) is 2.78. The van der Waals surface area contributed by atoms with Gasteiger partial charge in [0.25, 0.3) is 11.7 Å². The molecule has 2 heterocycles. The zero-order valence-corrected chi connectivity index (χ0v) is 16.6. The van der Waals surface area contributed by atoms with Crippen LogP contribution in [0.1, 0.15) is 22.8 Å². The van der Waals surface area contributed by atoms with Crippen LogP contribution in [0, 0.1) is 0 Å². The number of hydrogen-bond acceptors (Lipinski definition) is 5. The van der Waals surface area contributed by atoms with Crippen LogP contribution in [0.4, 0.5) is 14.5 Å². The summed E-state index contributed by atoms with van der Waals surface area (Å²) >= 11 is 0.273. The Morgan fingerprint density at radius 1 is 1.14 bits per heavy atom. The Morgan fingerprint density at radius 3 is 2.46 bits per heavy atom. The first kappa shape index (κ1) is 20.7. The second kappa shape index (κ2) is 9.95. The molecule has 150 valence electrons. The van der Waals surface area contributed by atoms with Gasteiger partial charge in [-0.1, -0.05) is 19.1 Å². The SMILES string of the molecule is CCN1CCN(Cc2ccc(NC(=O)c3cccnc3SC(F)F)cc2)CC1. The number of alkyl halides is 2. The molecular weight excluding hydrogens is 382 g/mol. The minimum atomic E-state index is -2.63. The predicted octanol–water partition coefficient (Wildman–Crippen LogP) is 3.79. The van der Waals surface area contributed by atoms with E-state index in [9.17, 15) is 13.6 Å². The summed E-state index contributed by atoms with van der Waals surface area (Å²) in [5.74, 6) is -3.07. The van der Waals surface area contributed by atoms with E-state index < -0.39 is 11.7 Å². The van der Waals surface area contributed by atoms with Gasteiger partial charge in [-0.25, -0.2) is 4.98 Å². The fraction of sp³-hybridized carbons (Fsp3) is 0.400. The minimum Gasteiger partial charge on any atom is -0.322 e. The molecule has 1 fully saturated rings. The third kappa shape index (κ3) is 5.73. The largest absolute Gasteiger partial charge is 0.322 e. The summed E-state index contributed by atoms with van der Waals surface area (Å²) in [7, 11) is 0. The Morgan fingerprint density at radius 2 is 1.82 bits per heavy atom. The van der Waals surface area contributed by atoms with E-state index in [4.69, 9.17) is 0 Å². The smallest absolute Gasteiger partial charge is 0.290 e. The van der Waals surface area contributed by atoms with Crippen molar-refractivity contribution >= 4 is 23.4 Å². The van der Waals surface area contributed by atoms with E-state index in [1.807, 2.05) is 24.3 Å². The number of amides is 1. The third-order valence-corrected chi connectivity index (χ3v) is 5.47. The van der Waals surface area contributed by atoms with Gasteiger partial charge in [-0.05, 0) is 48.1 Å². The molecule has 0 radical (unpaired) electrons. The first-order valence-corrected chi connectivity index (χ1v) is 10.2. The Bertz CT molecular complexity index is 780. The van der Waals surface area contributed by atoms with Gasteiger partial charge < -0.3 is 10.2 Å². The molecule has 8 heteroatoms. The molecule has 1 aromatic carbocycles. The summed E-state index contributed by atoms with van der Waals surface area (Å²) < 4.78 is 25.3. The number of nitrogens with one attached hydrogen (secondary N) is 1. The monoisotopic (exact) mass is 406 g/mol. The fourth-order valence-electron chi connectivity index (χ4n) is 3.16. The Labute approximate surface area is 168 Å². The number of aromatic nitrogens is 1. The number of pyridine rings is 1. The molecule has 28 heavy (non-hydrogen) atoms. The molecule has 1 saturated heterocycles. The van der Waals surface area contributed by atoms with Crippen molar-refractivity contribution in [3.05, 3.63) is 53.7 Å². The van der Waals surface area contributed by atoms with E-state index in [2.05, 4.69) is 27.0 Å². The number of nitrogens with zero attached hydrogens (tertiary/aromatic N) is 3. The number of rotatable bonds is 7. The quantitative estimate of drug-likeness (QED) is 0.709. The van der Waals surface area contributed by atoms with Crippen molar-refractivity contribution in [3.8, 4) is 0 Å². The molecule has 0 atom stereocenters. The number of piperazine rings is 1. The van der Waals surface area contributed by atoms with Crippen molar-refractivity contribution in [2.45, 2.75) is 24.3 Å². The molecule has 1 N–H and O–H groups in total. The third-order valence-electron chi connectivity index (χ3n) is 4.75. The highest BCUT2D eigenvalue weighted by Gasteiger charge is 2.17. The lowest BCUT2D eigenvalue weighted by Crippen LogP contribution is -2.45. The summed E-state index contributed by atoms with van der Waals surface area (Å²) in [6.07, 6.45) is 1.40. The van der Waals surface area contributed by atoms with Crippen molar-refractivity contribution < 1.29 is 13.6 Å². The molecule has 0 unspecified atom stereocenters. The Hall–Kier alpha value is -2.03. The van der Waals surface area contributed by atoms with Crippen LogP contribution in [0.25, 0.3) is 0 Å². The van der Waals surface area contributed by atoms with E-state index in [0.717, 1.165) is 39.3 Å². The van der Waals surface area contributed by atoms with Crippen LogP contribution < -0.4 is 5.32 Å². The number of carbonyl (C=O) groups excluding carboxylic acids is 1. The predicted molar refractivity (Wildman–Crippen MR) is 108 cm³/mol. The lowest BCUT2D eigenvalue weighted by atomic mass is 10.1. The molecule has 0 saturated carbocycles. The molecule has 0 aliphatic carbocycles. The average molecular weight is 407 g/mol. The molecule has 1 amide bonds. The van der Waals surface area contributed by atoms with Crippen molar-refractivity contribution in [2.75, 3.05) is 38.0 Å². The summed E-state index contributed by atoms with van der Waals surface area (Å²) in [5.41, 5.74) is 1.95. The first-order valence-electron chi connectivity index (χ1n) is 9.30. The molecule has 0 bridgehead atoms. The zero-order chi connectivity index (χ0) is 19.9. The maximum Gasteiger partial charge on any atom is 0.290 e. The number of carbonyl (C=O) groups is 1. The van der Waals surface area contributed by atoms with Crippen LogP contribution in [0.15, 0.2) is 47.6 Å². The van der Waals surface area contributed by atoms with E-state index in [1.165, 1.54) is 17.8 Å². The maximum atomic E-state index is 12.7. The van der Waals surface area contributed by atoms with Gasteiger partial charge in [0.05, 0.1) is 5.56 Å². The van der Waals surface area contributed by atoms with Gasteiger partial charge in [0.15, 0.2) is 0 Å². The normalized spacial score (nSPS) is 15.7. The standard InChI is InChI=1S/C20H24F2N4OS/c1-2-25-10-12-26(13-11-25)14-15-5-7-16(8-6-15)24-18(27)17-4-3-9-23-19(17)28-20(21)22/h3-9,20H,2,10-14H2,1H3,(H,24,27). The number of thioether (sulfide) groups is 1. The van der Waals surface area contributed by atoms with Gasteiger partial charge in [-0.3, -0.25) is 9.69 Å². The maximum absolute atomic E-state index is 12.7. The van der Waals surface area contributed by atoms with E-state index >= 15 is 0 Å². The Kier molecular flexibility index (Phi) is 7.36. The van der Waals surface area contributed by atoms with E-state index in [-0.39, 0.29) is 22.4 Å². The highest BCUT2D eigenvalue weighted by atomic mass is 32.2. The van der Waals surface area contributed by atoms with Crippen LogP contribution in [0.3, 0.4) is 0 Å². The summed E-state index contributed by atoms with van der Waals surface area (Å²) in [4.78, 5) is 21.2. The average Bonchev–Trinajstić information content (AvgIpc) is 2.70. The van der Waals surface area contributed by atoms with Crippen molar-refractivity contribution in [1.29, 1.82) is 0 Å². The van der Waals surface area contributed by atoms with Crippen LogP contribution in [0.5, 0.6) is 0 Å². The van der Waals surface area contributed by atoms with Crippen LogP contribution in [0.2, 0.25) is 0 Å². The number of halogens is 2. The lowest BCUT2D eigenvalue weighted by Gasteiger charge is -2.34. The Balaban J connectivity index is 1.58. The number of likely N-dealkylation sites (N-methyl/N-ethyl adjacent to an activating group) is 1. The topological polar surface area (TPSA) is 48.5 Å². The summed E-state index contributed by atoms with van der Waals surface area (Å²) in [6.45, 7) is 8.45. The molecule has 1 aliphatic heterocycles. The van der Waals surface area contributed by atoms with Crippen molar-refractivity contribution in [1.82, 2.24) is 14.8 Å². The van der Waals surface area contributed by atoms with Gasteiger partial charge in [0.2, 0.25) is 0 Å². The zero-order valence-electron chi connectivity index (χ0n) is 15.8. The van der Waals surface area contributed by atoms with Crippen LogP contribution >= 0.6 is 11.8 Å². The van der Waals surface area contributed by atoms with Gasteiger partial charge >= 0.3 is 0 Å². The van der Waals surface area contributed by atoms with Crippen LogP contribution in [-0.4, -0.2) is 59.2 Å².